The normalized spacial score (nSPS) is 17.9. The van der Waals surface area contributed by atoms with Crippen molar-refractivity contribution in [3.8, 4) is 5.75 Å². The molecule has 3 aromatic rings. The van der Waals surface area contributed by atoms with Gasteiger partial charge in [-0.2, -0.15) is 0 Å². The Kier molecular flexibility index (Phi) is 6.17. The highest BCUT2D eigenvalue weighted by atomic mass is 16.5. The Balaban J connectivity index is 1.25. The van der Waals surface area contributed by atoms with Gasteiger partial charge < -0.3 is 24.5 Å². The summed E-state index contributed by atoms with van der Waals surface area (Å²) in [5.41, 5.74) is 3.58. The van der Waals surface area contributed by atoms with E-state index in [1.807, 2.05) is 36.4 Å². The van der Waals surface area contributed by atoms with E-state index in [-0.39, 0.29) is 24.3 Å². The first-order valence-electron chi connectivity index (χ1n) is 11.9. The van der Waals surface area contributed by atoms with Crippen molar-refractivity contribution in [3.63, 3.8) is 0 Å². The fraction of sp³-hybridized carbons (Fsp3) is 0.423. The minimum absolute atomic E-state index is 0.0361. The van der Waals surface area contributed by atoms with Crippen LogP contribution >= 0.6 is 0 Å². The summed E-state index contributed by atoms with van der Waals surface area (Å²) in [4.78, 5) is 12.8. The first kappa shape index (κ1) is 22.0. The summed E-state index contributed by atoms with van der Waals surface area (Å²) < 4.78 is 12.0. The second-order valence-electron chi connectivity index (χ2n) is 9.51. The van der Waals surface area contributed by atoms with E-state index in [4.69, 9.17) is 9.15 Å². The van der Waals surface area contributed by atoms with E-state index in [2.05, 4.69) is 11.4 Å². The van der Waals surface area contributed by atoms with Gasteiger partial charge in [0, 0.05) is 5.39 Å². The molecule has 3 N–H and O–H groups in total. The van der Waals surface area contributed by atoms with Crippen molar-refractivity contribution in [2.24, 2.45) is 0 Å². The summed E-state index contributed by atoms with van der Waals surface area (Å²) in [6.07, 6.45) is 10.0. The zero-order chi connectivity index (χ0) is 22.8. The van der Waals surface area contributed by atoms with Gasteiger partial charge >= 0.3 is 7.12 Å². The molecule has 33 heavy (non-hydrogen) atoms. The monoisotopic (exact) mass is 447 g/mol. The van der Waals surface area contributed by atoms with Crippen LogP contribution in [0.25, 0.3) is 11.0 Å². The molecule has 1 amide bonds. The van der Waals surface area contributed by atoms with Crippen LogP contribution in [0.4, 0.5) is 0 Å². The predicted molar refractivity (Wildman–Crippen MR) is 127 cm³/mol. The molecule has 1 aliphatic heterocycles. The number of hydrogen-bond donors (Lipinski definition) is 3. The summed E-state index contributed by atoms with van der Waals surface area (Å²) >= 11 is 0. The largest absolute Gasteiger partial charge is 0.487 e. The molecule has 1 saturated carbocycles. The van der Waals surface area contributed by atoms with Gasteiger partial charge in [0.25, 0.3) is 0 Å². The molecule has 0 bridgehead atoms. The molecule has 0 saturated heterocycles. The number of nitrogens with one attached hydrogen (secondary N) is 1. The third kappa shape index (κ3) is 4.80. The van der Waals surface area contributed by atoms with Crippen molar-refractivity contribution >= 4 is 24.0 Å². The lowest BCUT2D eigenvalue weighted by atomic mass is 9.75. The van der Waals surface area contributed by atoms with Crippen LogP contribution in [0, 0.1) is 0 Å². The van der Waals surface area contributed by atoms with Gasteiger partial charge in [-0.25, -0.2) is 0 Å². The van der Waals surface area contributed by atoms with Gasteiger partial charge in [-0.3, -0.25) is 4.79 Å². The smallest absolute Gasteiger partial charge is 0.475 e. The Morgan fingerprint density at radius 1 is 1.09 bits per heavy atom. The highest BCUT2D eigenvalue weighted by Crippen LogP contribution is 2.42. The third-order valence-electron chi connectivity index (χ3n) is 7.14. The number of hydrogen-bond acceptors (Lipinski definition) is 5. The van der Waals surface area contributed by atoms with Crippen LogP contribution in [-0.2, 0) is 24.1 Å². The maximum Gasteiger partial charge on any atom is 0.475 e. The first-order chi connectivity index (χ1) is 16.0. The Morgan fingerprint density at radius 2 is 1.91 bits per heavy atom. The van der Waals surface area contributed by atoms with Gasteiger partial charge in [-0.15, -0.1) is 0 Å². The second-order valence-corrected chi connectivity index (χ2v) is 9.51. The number of benzene rings is 2. The Labute approximate surface area is 194 Å². The van der Waals surface area contributed by atoms with Crippen LogP contribution in [0.1, 0.15) is 55.2 Å². The molecule has 1 aliphatic carbocycles. The number of furan rings is 1. The molecule has 2 aliphatic rings. The standard InChI is InChI=1S/C26H30BNO5/c29-25(28-24(27(30)31)16-20-17-32-22-7-3-2-6-21(20)22)15-18-8-9-19-10-13-26(33-23(19)14-18)11-4-1-5-12-26/h2-3,6-9,14,17,24,30-31H,1,4-5,10-13,15-16H2,(H,28,29). The SMILES string of the molecule is O=C(Cc1ccc2c(c1)OC1(CCCCC1)CC2)NC(Cc1coc2ccccc12)B(O)O. The van der Waals surface area contributed by atoms with Crippen LogP contribution in [0.15, 0.2) is 53.1 Å². The van der Waals surface area contributed by atoms with Gasteiger partial charge in [-0.1, -0.05) is 36.8 Å². The van der Waals surface area contributed by atoms with E-state index in [1.165, 1.54) is 24.8 Å². The average Bonchev–Trinajstić information content (AvgIpc) is 3.22. The number of para-hydroxylation sites is 1. The lowest BCUT2D eigenvalue weighted by Crippen LogP contribution is -2.48. The predicted octanol–water partition coefficient (Wildman–Crippen LogP) is 3.74. The number of carbonyl (C=O) groups excluding carboxylic acids is 1. The Morgan fingerprint density at radius 3 is 2.73 bits per heavy atom. The second kappa shape index (κ2) is 9.24. The van der Waals surface area contributed by atoms with Gasteiger partial charge in [0.15, 0.2) is 0 Å². The van der Waals surface area contributed by atoms with E-state index in [0.29, 0.717) is 0 Å². The molecule has 1 aromatic heterocycles. The van der Waals surface area contributed by atoms with Gasteiger partial charge in [0.2, 0.25) is 5.91 Å². The maximum absolute atomic E-state index is 12.8. The van der Waals surface area contributed by atoms with Gasteiger partial charge in [0.1, 0.15) is 16.9 Å². The first-order valence-corrected chi connectivity index (χ1v) is 11.9. The third-order valence-corrected chi connectivity index (χ3v) is 7.14. The van der Waals surface area contributed by atoms with Crippen LogP contribution in [0.2, 0.25) is 0 Å². The molecule has 7 heteroatoms. The number of rotatable bonds is 6. The Hall–Kier alpha value is -2.77. The highest BCUT2D eigenvalue weighted by molar-refractivity contribution is 6.43. The molecule has 0 radical (unpaired) electrons. The van der Waals surface area contributed by atoms with E-state index in [1.54, 1.807) is 6.26 Å². The van der Waals surface area contributed by atoms with Crippen LogP contribution in [0.5, 0.6) is 5.75 Å². The maximum atomic E-state index is 12.8. The molecule has 2 heterocycles. The van der Waals surface area contributed by atoms with E-state index in [0.717, 1.165) is 53.5 Å². The van der Waals surface area contributed by atoms with Crippen molar-refractivity contribution in [3.05, 3.63) is 65.4 Å². The highest BCUT2D eigenvalue weighted by Gasteiger charge is 2.37. The van der Waals surface area contributed by atoms with Crippen molar-refractivity contribution in [2.75, 3.05) is 0 Å². The molecule has 172 valence electrons. The van der Waals surface area contributed by atoms with E-state index in [9.17, 15) is 14.8 Å². The minimum atomic E-state index is -1.68. The van der Waals surface area contributed by atoms with Crippen molar-refractivity contribution in [1.82, 2.24) is 5.32 Å². The van der Waals surface area contributed by atoms with Crippen molar-refractivity contribution in [1.29, 1.82) is 0 Å². The lowest BCUT2D eigenvalue weighted by Gasteiger charge is -2.41. The summed E-state index contributed by atoms with van der Waals surface area (Å²) in [7, 11) is -1.68. The molecule has 1 fully saturated rings. The summed E-state index contributed by atoms with van der Waals surface area (Å²) in [5.74, 6) is -0.195. The molecule has 1 spiro atoms. The fourth-order valence-corrected chi connectivity index (χ4v) is 5.31. The van der Waals surface area contributed by atoms with Gasteiger partial charge in [0.05, 0.1) is 18.6 Å². The molecular formula is C26H30BNO5. The molecule has 1 atom stereocenters. The number of carbonyl (C=O) groups is 1. The summed E-state index contributed by atoms with van der Waals surface area (Å²) in [6, 6.07) is 13.6. The number of aryl methyl sites for hydroxylation is 1. The number of fused-ring (bicyclic) bond motifs is 2. The zero-order valence-electron chi connectivity index (χ0n) is 18.8. The van der Waals surface area contributed by atoms with Crippen LogP contribution < -0.4 is 10.1 Å². The molecule has 5 rings (SSSR count). The van der Waals surface area contributed by atoms with Gasteiger partial charge in [-0.05, 0) is 73.8 Å². The molecule has 1 unspecified atom stereocenters. The number of amides is 1. The zero-order valence-corrected chi connectivity index (χ0v) is 18.8. The van der Waals surface area contributed by atoms with Crippen molar-refractivity contribution < 1.29 is 24.0 Å². The molecule has 6 nitrogen and oxygen atoms in total. The van der Waals surface area contributed by atoms with E-state index >= 15 is 0 Å². The van der Waals surface area contributed by atoms with Crippen molar-refractivity contribution in [2.45, 2.75) is 69.3 Å². The summed E-state index contributed by atoms with van der Waals surface area (Å²) in [6.45, 7) is 0. The van der Waals surface area contributed by atoms with E-state index < -0.39 is 13.1 Å². The van der Waals surface area contributed by atoms with Crippen LogP contribution in [0.3, 0.4) is 0 Å². The van der Waals surface area contributed by atoms with Crippen LogP contribution in [-0.4, -0.2) is 34.6 Å². The molecular weight excluding hydrogens is 417 g/mol. The lowest BCUT2D eigenvalue weighted by molar-refractivity contribution is -0.120. The number of ether oxygens (including phenoxy) is 1. The topological polar surface area (TPSA) is 91.9 Å². The summed E-state index contributed by atoms with van der Waals surface area (Å²) in [5, 5.41) is 23.5. The fourth-order valence-electron chi connectivity index (χ4n) is 5.31. The Bertz CT molecular complexity index is 1130. The average molecular weight is 447 g/mol. The quantitative estimate of drug-likeness (QED) is 0.501. The minimum Gasteiger partial charge on any atom is -0.487 e. The molecule has 2 aromatic carbocycles.